The maximum atomic E-state index is 13.1. The molecule has 2 aromatic rings. The van der Waals surface area contributed by atoms with E-state index in [0.717, 1.165) is 23.4 Å². The highest BCUT2D eigenvalue weighted by molar-refractivity contribution is 5.32. The fraction of sp³-hybridized carbons (Fsp3) is 0.412. The quantitative estimate of drug-likeness (QED) is 0.896. The van der Waals surface area contributed by atoms with Crippen LogP contribution in [0.4, 0.5) is 4.39 Å². The fourth-order valence-electron chi connectivity index (χ4n) is 1.93. The summed E-state index contributed by atoms with van der Waals surface area (Å²) in [5, 5.41) is 3.42. The van der Waals surface area contributed by atoms with Crippen molar-refractivity contribution in [3.05, 3.63) is 53.2 Å². The molecule has 1 N–H and O–H groups in total. The van der Waals surface area contributed by atoms with Gasteiger partial charge in [-0.2, -0.15) is 0 Å². The highest BCUT2D eigenvalue weighted by Crippen LogP contribution is 2.21. The number of rotatable bonds is 5. The summed E-state index contributed by atoms with van der Waals surface area (Å²) >= 11 is 0. The van der Waals surface area contributed by atoms with Gasteiger partial charge in [-0.15, -0.1) is 0 Å². The Morgan fingerprint density at radius 2 is 2.00 bits per heavy atom. The van der Waals surface area contributed by atoms with Gasteiger partial charge in [-0.3, -0.25) is 0 Å². The number of ether oxygens (including phenoxy) is 1. The molecule has 0 aliphatic carbocycles. The van der Waals surface area contributed by atoms with E-state index >= 15 is 0 Å². The fourth-order valence-corrected chi connectivity index (χ4v) is 1.93. The molecule has 0 saturated heterocycles. The smallest absolute Gasteiger partial charge is 0.146 e. The number of halogens is 1. The zero-order chi connectivity index (χ0) is 15.5. The van der Waals surface area contributed by atoms with Crippen LogP contribution < -0.4 is 10.1 Å². The van der Waals surface area contributed by atoms with Gasteiger partial charge in [-0.05, 0) is 57.5 Å². The van der Waals surface area contributed by atoms with Gasteiger partial charge >= 0.3 is 0 Å². The topological polar surface area (TPSA) is 34.4 Å². The predicted molar refractivity (Wildman–Crippen MR) is 80.8 cm³/mol. The Kier molecular flexibility index (Phi) is 4.68. The molecule has 3 nitrogen and oxygen atoms in total. The molecule has 0 aliphatic heterocycles. The molecular formula is C17H22FNO2. The van der Waals surface area contributed by atoms with Crippen molar-refractivity contribution in [3.8, 4) is 5.75 Å². The second-order valence-electron chi connectivity index (χ2n) is 6.17. The predicted octanol–water partition coefficient (Wildman–Crippen LogP) is 4.19. The van der Waals surface area contributed by atoms with Gasteiger partial charge in [-0.1, -0.05) is 0 Å². The Balaban J connectivity index is 1.99. The van der Waals surface area contributed by atoms with E-state index in [1.54, 1.807) is 12.3 Å². The minimum Gasteiger partial charge on any atom is -0.485 e. The number of hydrogen-bond donors (Lipinski definition) is 1. The van der Waals surface area contributed by atoms with Gasteiger partial charge in [0.05, 0.1) is 6.26 Å². The number of aryl methyl sites for hydroxylation is 1. The molecule has 1 heterocycles. The van der Waals surface area contributed by atoms with E-state index in [1.807, 2.05) is 13.0 Å². The Labute approximate surface area is 125 Å². The van der Waals surface area contributed by atoms with Crippen molar-refractivity contribution in [1.29, 1.82) is 0 Å². The first-order valence-electron chi connectivity index (χ1n) is 7.04. The van der Waals surface area contributed by atoms with Crippen LogP contribution in [0.2, 0.25) is 0 Å². The normalized spacial score (nSPS) is 11.7. The van der Waals surface area contributed by atoms with E-state index in [2.05, 4.69) is 26.1 Å². The number of nitrogens with one attached hydrogen (secondary N) is 1. The lowest BCUT2D eigenvalue weighted by Crippen LogP contribution is -2.35. The van der Waals surface area contributed by atoms with Crippen molar-refractivity contribution in [1.82, 2.24) is 5.32 Å². The summed E-state index contributed by atoms with van der Waals surface area (Å²) < 4.78 is 24.3. The van der Waals surface area contributed by atoms with E-state index in [0.29, 0.717) is 12.4 Å². The number of hydrogen-bond acceptors (Lipinski definition) is 3. The van der Waals surface area contributed by atoms with Crippen LogP contribution in [0, 0.1) is 12.7 Å². The maximum Gasteiger partial charge on any atom is 0.146 e. The van der Waals surface area contributed by atoms with Crippen LogP contribution in [0.1, 0.15) is 37.7 Å². The largest absolute Gasteiger partial charge is 0.485 e. The SMILES string of the molecule is Cc1cc(F)ccc1OCc1occc1CNC(C)(C)C. The van der Waals surface area contributed by atoms with Gasteiger partial charge in [0.15, 0.2) is 0 Å². The highest BCUT2D eigenvalue weighted by atomic mass is 19.1. The van der Waals surface area contributed by atoms with Gasteiger partial charge in [0.25, 0.3) is 0 Å². The summed E-state index contributed by atoms with van der Waals surface area (Å²) in [6.07, 6.45) is 1.66. The van der Waals surface area contributed by atoms with Crippen LogP contribution in [0.5, 0.6) is 5.75 Å². The van der Waals surface area contributed by atoms with Crippen molar-refractivity contribution in [2.75, 3.05) is 0 Å². The minimum absolute atomic E-state index is 0.0446. The van der Waals surface area contributed by atoms with Gasteiger partial charge in [0.1, 0.15) is 23.9 Å². The molecule has 4 heteroatoms. The molecular weight excluding hydrogens is 269 g/mol. The molecule has 0 spiro atoms. The monoisotopic (exact) mass is 291 g/mol. The lowest BCUT2D eigenvalue weighted by Gasteiger charge is -2.20. The summed E-state index contributed by atoms with van der Waals surface area (Å²) in [7, 11) is 0. The third-order valence-corrected chi connectivity index (χ3v) is 3.14. The van der Waals surface area contributed by atoms with Crippen molar-refractivity contribution in [3.63, 3.8) is 0 Å². The molecule has 0 fully saturated rings. The van der Waals surface area contributed by atoms with Crippen LogP contribution in [-0.4, -0.2) is 5.54 Å². The molecule has 0 radical (unpaired) electrons. The highest BCUT2D eigenvalue weighted by Gasteiger charge is 2.13. The summed E-state index contributed by atoms with van der Waals surface area (Å²) in [6.45, 7) is 9.23. The summed E-state index contributed by atoms with van der Waals surface area (Å²) in [4.78, 5) is 0. The molecule has 21 heavy (non-hydrogen) atoms. The van der Waals surface area contributed by atoms with Gasteiger partial charge in [0, 0.05) is 17.6 Å². The van der Waals surface area contributed by atoms with Crippen molar-refractivity contribution < 1.29 is 13.5 Å². The summed E-state index contributed by atoms with van der Waals surface area (Å²) in [5.41, 5.74) is 1.89. The molecule has 0 atom stereocenters. The Morgan fingerprint density at radius 1 is 1.24 bits per heavy atom. The maximum absolute atomic E-state index is 13.1. The van der Waals surface area contributed by atoms with Crippen LogP contribution in [0.15, 0.2) is 34.9 Å². The van der Waals surface area contributed by atoms with Crippen molar-refractivity contribution in [2.24, 2.45) is 0 Å². The van der Waals surface area contributed by atoms with Crippen LogP contribution in [-0.2, 0) is 13.2 Å². The lowest BCUT2D eigenvalue weighted by atomic mass is 10.1. The molecule has 0 aliphatic rings. The Hall–Kier alpha value is -1.81. The first kappa shape index (κ1) is 15.6. The molecule has 0 bridgehead atoms. The van der Waals surface area contributed by atoms with E-state index in [1.165, 1.54) is 12.1 Å². The molecule has 114 valence electrons. The third-order valence-electron chi connectivity index (χ3n) is 3.14. The second kappa shape index (κ2) is 6.31. The standard InChI is InChI=1S/C17H22FNO2/c1-12-9-14(18)5-6-15(12)21-11-16-13(7-8-20-16)10-19-17(2,3)4/h5-9,19H,10-11H2,1-4H3. The molecule has 0 unspecified atom stereocenters. The van der Waals surface area contributed by atoms with Gasteiger partial charge < -0.3 is 14.5 Å². The first-order valence-corrected chi connectivity index (χ1v) is 7.04. The third kappa shape index (κ3) is 4.60. The molecule has 1 aromatic carbocycles. The van der Waals surface area contributed by atoms with Gasteiger partial charge in [0.2, 0.25) is 0 Å². The first-order chi connectivity index (χ1) is 9.85. The van der Waals surface area contributed by atoms with E-state index in [-0.39, 0.29) is 11.4 Å². The van der Waals surface area contributed by atoms with Crippen LogP contribution in [0.3, 0.4) is 0 Å². The van der Waals surface area contributed by atoms with E-state index in [9.17, 15) is 4.39 Å². The van der Waals surface area contributed by atoms with Crippen LogP contribution >= 0.6 is 0 Å². The second-order valence-corrected chi connectivity index (χ2v) is 6.17. The minimum atomic E-state index is -0.257. The summed E-state index contributed by atoms with van der Waals surface area (Å²) in [5.74, 6) is 1.20. The Morgan fingerprint density at radius 3 is 2.67 bits per heavy atom. The average molecular weight is 291 g/mol. The van der Waals surface area contributed by atoms with Gasteiger partial charge in [-0.25, -0.2) is 4.39 Å². The van der Waals surface area contributed by atoms with Crippen molar-refractivity contribution in [2.45, 2.75) is 46.4 Å². The zero-order valence-corrected chi connectivity index (χ0v) is 13.0. The molecule has 1 aromatic heterocycles. The Bertz CT molecular complexity index is 599. The average Bonchev–Trinajstić information content (AvgIpc) is 2.82. The van der Waals surface area contributed by atoms with E-state index in [4.69, 9.17) is 9.15 Å². The van der Waals surface area contributed by atoms with Crippen molar-refractivity contribution >= 4 is 0 Å². The zero-order valence-electron chi connectivity index (χ0n) is 13.0. The number of furan rings is 1. The molecule has 2 rings (SSSR count). The molecule has 0 amide bonds. The van der Waals surface area contributed by atoms with Crippen LogP contribution in [0.25, 0.3) is 0 Å². The summed E-state index contributed by atoms with van der Waals surface area (Å²) in [6, 6.07) is 6.43. The van der Waals surface area contributed by atoms with E-state index < -0.39 is 0 Å². The lowest BCUT2D eigenvalue weighted by molar-refractivity contribution is 0.265. The molecule has 0 saturated carbocycles. The number of benzene rings is 1.